The van der Waals surface area contributed by atoms with Gasteiger partial charge in [0.05, 0.1) is 0 Å². The third-order valence-electron chi connectivity index (χ3n) is 3.40. The van der Waals surface area contributed by atoms with Gasteiger partial charge in [0.25, 0.3) is 10.0 Å². The molecule has 0 aliphatic rings. The molecule has 1 aromatic heterocycles. The molecule has 5 nitrogen and oxygen atoms in total. The first-order valence-corrected chi connectivity index (χ1v) is 8.89. The van der Waals surface area contributed by atoms with E-state index < -0.39 is 10.0 Å². The molecule has 0 atom stereocenters. The average molecular weight is 339 g/mol. The van der Waals surface area contributed by atoms with E-state index in [2.05, 4.69) is 15.0 Å². The van der Waals surface area contributed by atoms with E-state index in [1.807, 2.05) is 49.4 Å². The lowest BCUT2D eigenvalue weighted by molar-refractivity contribution is 0.601. The van der Waals surface area contributed by atoms with Crippen LogP contribution in [0.1, 0.15) is 5.56 Å². The lowest BCUT2D eigenvalue weighted by Crippen LogP contribution is -2.15. The summed E-state index contributed by atoms with van der Waals surface area (Å²) in [7, 11) is -3.75. The molecule has 1 heterocycles. The highest BCUT2D eigenvalue weighted by atomic mass is 32.2. The number of sulfonamides is 1. The fraction of sp³-hybridized carbons (Fsp3) is 0.0556. The third-order valence-corrected chi connectivity index (χ3v) is 4.81. The molecule has 2 N–H and O–H groups in total. The number of hydrogen-bond acceptors (Lipinski definition) is 4. The number of nitrogens with one attached hydrogen (secondary N) is 2. The molecule has 0 radical (unpaired) electrons. The van der Waals surface area contributed by atoms with Crippen molar-refractivity contribution in [1.82, 2.24) is 4.98 Å². The van der Waals surface area contributed by atoms with Crippen molar-refractivity contribution in [1.29, 1.82) is 0 Å². The molecule has 0 amide bonds. The normalized spacial score (nSPS) is 11.0. The Hall–Kier alpha value is -2.86. The topological polar surface area (TPSA) is 71.1 Å². The van der Waals surface area contributed by atoms with Crippen LogP contribution in [0.2, 0.25) is 0 Å². The van der Waals surface area contributed by atoms with Crippen LogP contribution in [-0.2, 0) is 10.0 Å². The van der Waals surface area contributed by atoms with Gasteiger partial charge in [-0.3, -0.25) is 4.72 Å². The van der Waals surface area contributed by atoms with Crippen molar-refractivity contribution in [2.75, 3.05) is 10.0 Å². The molecular weight excluding hydrogens is 322 g/mol. The summed E-state index contributed by atoms with van der Waals surface area (Å²) in [5.74, 6) is 0.281. The maximum Gasteiger partial charge on any atom is 0.265 e. The minimum absolute atomic E-state index is 0.0921. The zero-order valence-corrected chi connectivity index (χ0v) is 13.9. The fourth-order valence-electron chi connectivity index (χ4n) is 2.19. The van der Waals surface area contributed by atoms with Gasteiger partial charge in [-0.25, -0.2) is 13.4 Å². The monoisotopic (exact) mass is 339 g/mol. The summed E-state index contributed by atoms with van der Waals surface area (Å²) >= 11 is 0. The minimum Gasteiger partial charge on any atom is -0.339 e. The van der Waals surface area contributed by atoms with Gasteiger partial charge < -0.3 is 5.32 Å². The number of aryl methyl sites for hydroxylation is 1. The number of aromatic nitrogens is 1. The van der Waals surface area contributed by atoms with Gasteiger partial charge in [-0.05, 0) is 43.3 Å². The second-order valence-electron chi connectivity index (χ2n) is 5.31. The zero-order chi connectivity index (χ0) is 17.0. The van der Waals surface area contributed by atoms with E-state index in [-0.39, 0.29) is 10.7 Å². The van der Waals surface area contributed by atoms with Crippen molar-refractivity contribution >= 4 is 27.2 Å². The van der Waals surface area contributed by atoms with Crippen LogP contribution in [0.5, 0.6) is 0 Å². The second kappa shape index (κ2) is 6.72. The second-order valence-corrected chi connectivity index (χ2v) is 6.96. The first-order valence-electron chi connectivity index (χ1n) is 7.41. The summed E-state index contributed by atoms with van der Waals surface area (Å²) in [5.41, 5.74) is 2.34. The lowest BCUT2D eigenvalue weighted by atomic mass is 10.2. The highest BCUT2D eigenvalue weighted by Gasteiger charge is 2.19. The molecule has 0 fully saturated rings. The molecule has 0 aliphatic heterocycles. The molecular formula is C18H17N3O2S. The molecule has 3 rings (SSSR count). The van der Waals surface area contributed by atoms with Crippen LogP contribution in [0.3, 0.4) is 0 Å². The van der Waals surface area contributed by atoms with E-state index in [1.165, 1.54) is 6.07 Å². The number of pyridine rings is 1. The van der Waals surface area contributed by atoms with Crippen molar-refractivity contribution in [3.05, 3.63) is 78.5 Å². The van der Waals surface area contributed by atoms with Crippen LogP contribution >= 0.6 is 0 Å². The summed E-state index contributed by atoms with van der Waals surface area (Å²) in [4.78, 5) is 4.26. The van der Waals surface area contributed by atoms with E-state index in [9.17, 15) is 8.42 Å². The van der Waals surface area contributed by atoms with Gasteiger partial charge in [-0.1, -0.05) is 35.9 Å². The first-order chi connectivity index (χ1) is 11.5. The predicted octanol–water partition coefficient (Wildman–Crippen LogP) is 3.93. The number of hydrogen-bond donors (Lipinski definition) is 2. The highest BCUT2D eigenvalue weighted by Crippen LogP contribution is 2.24. The van der Waals surface area contributed by atoms with Crippen LogP contribution in [0.25, 0.3) is 0 Å². The zero-order valence-electron chi connectivity index (χ0n) is 13.1. The molecule has 0 unspecified atom stereocenters. The average Bonchev–Trinajstić information content (AvgIpc) is 2.58. The molecule has 3 aromatic rings. The van der Waals surface area contributed by atoms with Gasteiger partial charge in [0, 0.05) is 17.6 Å². The van der Waals surface area contributed by atoms with Crippen molar-refractivity contribution in [2.24, 2.45) is 0 Å². The van der Waals surface area contributed by atoms with E-state index in [1.54, 1.807) is 24.4 Å². The van der Waals surface area contributed by atoms with Gasteiger partial charge in [-0.2, -0.15) is 0 Å². The Balaban J connectivity index is 1.92. The Bertz CT molecular complexity index is 924. The molecule has 0 aliphatic carbocycles. The summed E-state index contributed by atoms with van der Waals surface area (Å²) < 4.78 is 28.0. The van der Waals surface area contributed by atoms with Gasteiger partial charge in [0.2, 0.25) is 0 Å². The van der Waals surface area contributed by atoms with Gasteiger partial charge in [0.1, 0.15) is 4.90 Å². The van der Waals surface area contributed by atoms with Gasteiger partial charge in [-0.15, -0.1) is 0 Å². The summed E-state index contributed by atoms with van der Waals surface area (Å²) in [5, 5.41) is 3.04. The van der Waals surface area contributed by atoms with Crippen molar-refractivity contribution < 1.29 is 8.42 Å². The molecule has 0 bridgehead atoms. The van der Waals surface area contributed by atoms with Crippen LogP contribution < -0.4 is 10.0 Å². The molecule has 2 aromatic carbocycles. The Morgan fingerprint density at radius 1 is 0.833 bits per heavy atom. The predicted molar refractivity (Wildman–Crippen MR) is 95.9 cm³/mol. The maximum absolute atomic E-state index is 12.7. The van der Waals surface area contributed by atoms with Gasteiger partial charge in [0.15, 0.2) is 5.82 Å². The van der Waals surface area contributed by atoms with Crippen molar-refractivity contribution in [3.8, 4) is 0 Å². The Morgan fingerprint density at radius 2 is 1.54 bits per heavy atom. The third kappa shape index (κ3) is 3.72. The highest BCUT2D eigenvalue weighted by molar-refractivity contribution is 7.92. The maximum atomic E-state index is 12.7. The van der Waals surface area contributed by atoms with E-state index in [0.29, 0.717) is 5.69 Å². The Kier molecular flexibility index (Phi) is 4.48. The SMILES string of the molecule is Cc1ccc(NS(=O)(=O)c2cccnc2Nc2ccccc2)cc1. The largest absolute Gasteiger partial charge is 0.339 e. The number of benzene rings is 2. The van der Waals surface area contributed by atoms with Crippen molar-refractivity contribution in [3.63, 3.8) is 0 Å². The van der Waals surface area contributed by atoms with E-state index in [4.69, 9.17) is 0 Å². The van der Waals surface area contributed by atoms with Crippen molar-refractivity contribution in [2.45, 2.75) is 11.8 Å². The summed E-state index contributed by atoms with van der Waals surface area (Å²) in [6, 6.07) is 19.6. The number of anilines is 3. The minimum atomic E-state index is -3.75. The van der Waals surface area contributed by atoms with E-state index >= 15 is 0 Å². The number of rotatable bonds is 5. The van der Waals surface area contributed by atoms with Crippen LogP contribution in [0.4, 0.5) is 17.2 Å². The molecule has 0 saturated carbocycles. The molecule has 24 heavy (non-hydrogen) atoms. The summed E-state index contributed by atoms with van der Waals surface area (Å²) in [6.45, 7) is 1.95. The van der Waals surface area contributed by atoms with E-state index in [0.717, 1.165) is 11.3 Å². The van der Waals surface area contributed by atoms with Crippen LogP contribution in [0.15, 0.2) is 77.8 Å². The lowest BCUT2D eigenvalue weighted by Gasteiger charge is -2.13. The molecule has 0 saturated heterocycles. The standard InChI is InChI=1S/C18H17N3O2S/c1-14-9-11-16(12-10-14)21-24(22,23)17-8-5-13-19-18(17)20-15-6-3-2-4-7-15/h2-13,21H,1H3,(H,19,20). The Morgan fingerprint density at radius 3 is 2.25 bits per heavy atom. The van der Waals surface area contributed by atoms with Crippen LogP contribution in [-0.4, -0.2) is 13.4 Å². The number of nitrogens with zero attached hydrogens (tertiary/aromatic N) is 1. The fourth-order valence-corrected chi connectivity index (χ4v) is 3.36. The Labute approximate surface area is 141 Å². The summed E-state index contributed by atoms with van der Waals surface area (Å²) in [6.07, 6.45) is 1.55. The van der Waals surface area contributed by atoms with Gasteiger partial charge >= 0.3 is 0 Å². The first kappa shape index (κ1) is 16.0. The van der Waals surface area contributed by atoms with Crippen LogP contribution in [0, 0.1) is 6.92 Å². The quantitative estimate of drug-likeness (QED) is 0.739. The molecule has 0 spiro atoms. The molecule has 6 heteroatoms. The molecule has 122 valence electrons. The smallest absolute Gasteiger partial charge is 0.265 e. The number of para-hydroxylation sites is 1.